The normalized spacial score (nSPS) is 25.9. The number of alkyl halides is 1. The lowest BCUT2D eigenvalue weighted by Crippen LogP contribution is -2.63. The van der Waals surface area contributed by atoms with Crippen LogP contribution in [0.5, 0.6) is 0 Å². The number of likely N-dealkylation sites (N-methyl/N-ethyl adjacent to an activating group) is 1. The van der Waals surface area contributed by atoms with Crippen LogP contribution >= 0.6 is 15.9 Å². The van der Waals surface area contributed by atoms with E-state index in [1.807, 2.05) is 81.4 Å². The first-order valence-electron chi connectivity index (χ1n) is 19.8. The van der Waals surface area contributed by atoms with Crippen LogP contribution in [0, 0.1) is 17.3 Å². The minimum atomic E-state index is -1.39. The molecule has 1 N–H and O–H groups in total. The molecule has 1 spiro atoms. The highest BCUT2D eigenvalue weighted by atomic mass is 79.9. The first-order valence-corrected chi connectivity index (χ1v) is 20.7. The third-order valence-corrected chi connectivity index (χ3v) is 12.6. The molecule has 3 heterocycles. The van der Waals surface area contributed by atoms with Crippen LogP contribution in [-0.4, -0.2) is 104 Å². The van der Waals surface area contributed by atoms with Gasteiger partial charge in [0.1, 0.15) is 17.7 Å². The number of benzene rings is 2. The average molecular weight is 835 g/mol. The van der Waals surface area contributed by atoms with Crippen LogP contribution in [0.1, 0.15) is 84.5 Å². The van der Waals surface area contributed by atoms with Crippen LogP contribution in [0.2, 0.25) is 0 Å². The Bertz CT molecular complexity index is 1750. The van der Waals surface area contributed by atoms with E-state index in [0.717, 1.165) is 5.56 Å². The maximum atomic E-state index is 15.4. The highest BCUT2D eigenvalue weighted by molar-refractivity contribution is 9.09. The number of rotatable bonds is 17. The number of ether oxygens (including phenoxy) is 2. The van der Waals surface area contributed by atoms with Gasteiger partial charge in [-0.25, -0.2) is 0 Å². The van der Waals surface area contributed by atoms with Crippen molar-refractivity contribution in [2.24, 2.45) is 17.3 Å². The zero-order valence-electron chi connectivity index (χ0n) is 34.0. The second-order valence-electron chi connectivity index (χ2n) is 17.6. The van der Waals surface area contributed by atoms with Gasteiger partial charge in [0, 0.05) is 30.4 Å². The zero-order valence-corrected chi connectivity index (χ0v) is 35.6. The van der Waals surface area contributed by atoms with Crippen molar-refractivity contribution >= 4 is 39.6 Å². The predicted molar refractivity (Wildman–Crippen MR) is 221 cm³/mol. The van der Waals surface area contributed by atoms with Gasteiger partial charge in [-0.2, -0.15) is 0 Å². The molecule has 5 rings (SSSR count). The molecule has 10 nitrogen and oxygen atoms in total. The molecule has 3 aliphatic rings. The van der Waals surface area contributed by atoms with Crippen LogP contribution in [0.3, 0.4) is 0 Å². The molecular weight excluding hydrogens is 774 g/mol. The number of hydrogen-bond acceptors (Lipinski definition) is 7. The number of carbonyl (C=O) groups excluding carboxylic acids is 4. The van der Waals surface area contributed by atoms with E-state index in [1.165, 1.54) is 4.90 Å². The van der Waals surface area contributed by atoms with Gasteiger partial charge in [-0.05, 0) is 63.0 Å². The molecule has 3 amide bonds. The maximum Gasteiger partial charge on any atom is 0.313 e. The summed E-state index contributed by atoms with van der Waals surface area (Å²) in [6.07, 6.45) is 3.79. The lowest BCUT2D eigenvalue weighted by Gasteiger charge is -2.46. The Kier molecular flexibility index (Phi) is 13.4. The molecule has 56 heavy (non-hydrogen) atoms. The molecule has 0 aliphatic carbocycles. The van der Waals surface area contributed by atoms with Gasteiger partial charge in [-0.15, -0.1) is 13.2 Å². The van der Waals surface area contributed by atoms with E-state index in [9.17, 15) is 14.7 Å². The number of likely N-dealkylation sites (tertiary alicyclic amines) is 1. The van der Waals surface area contributed by atoms with Crippen LogP contribution in [-0.2, 0) is 35.1 Å². The van der Waals surface area contributed by atoms with Crippen molar-refractivity contribution in [1.82, 2.24) is 14.7 Å². The quantitative estimate of drug-likeness (QED) is 0.108. The number of hydrogen-bond donors (Lipinski definition) is 1. The van der Waals surface area contributed by atoms with Gasteiger partial charge in [0.15, 0.2) is 0 Å². The van der Waals surface area contributed by atoms with Crippen LogP contribution in [0.25, 0.3) is 0 Å². The van der Waals surface area contributed by atoms with E-state index in [-0.39, 0.29) is 35.0 Å². The van der Waals surface area contributed by atoms with Crippen LogP contribution < -0.4 is 0 Å². The second-order valence-corrected chi connectivity index (χ2v) is 18.7. The van der Waals surface area contributed by atoms with Crippen LogP contribution in [0.4, 0.5) is 0 Å². The number of carbonyl (C=O) groups is 4. The van der Waals surface area contributed by atoms with E-state index in [2.05, 4.69) is 49.9 Å². The van der Waals surface area contributed by atoms with Gasteiger partial charge in [-0.1, -0.05) is 110 Å². The number of amides is 3. The summed E-state index contributed by atoms with van der Waals surface area (Å²) in [5.41, 5.74) is -0.586. The smallest absolute Gasteiger partial charge is 0.313 e. The Balaban J connectivity index is 1.59. The Morgan fingerprint density at radius 1 is 1.05 bits per heavy atom. The molecule has 3 fully saturated rings. The molecule has 2 aromatic carbocycles. The number of fused-ring (bicyclic) bond motifs is 1. The molecule has 304 valence electrons. The van der Waals surface area contributed by atoms with Gasteiger partial charge < -0.3 is 29.3 Å². The summed E-state index contributed by atoms with van der Waals surface area (Å²) in [5, 5.41) is 11.0. The summed E-state index contributed by atoms with van der Waals surface area (Å²) in [6, 6.07) is 16.3. The van der Waals surface area contributed by atoms with E-state index < -0.39 is 71.8 Å². The maximum absolute atomic E-state index is 15.4. The molecule has 3 aliphatic heterocycles. The summed E-state index contributed by atoms with van der Waals surface area (Å²) in [4.78, 5) is 63.1. The van der Waals surface area contributed by atoms with Crippen molar-refractivity contribution in [2.45, 2.75) is 120 Å². The third kappa shape index (κ3) is 8.55. The van der Waals surface area contributed by atoms with Crippen molar-refractivity contribution in [3.63, 3.8) is 0 Å². The highest BCUT2D eigenvalue weighted by Crippen LogP contribution is 2.61. The minimum Gasteiger partial charge on any atom is -0.455 e. The first kappa shape index (κ1) is 43.3. The second kappa shape index (κ2) is 17.4. The van der Waals surface area contributed by atoms with Crippen molar-refractivity contribution in [2.75, 3.05) is 20.2 Å². The number of aliphatic hydroxyl groups excluding tert-OH is 1. The number of aliphatic hydroxyl groups is 1. The molecule has 0 aromatic heterocycles. The van der Waals surface area contributed by atoms with E-state index in [0.29, 0.717) is 31.2 Å². The van der Waals surface area contributed by atoms with E-state index >= 15 is 9.59 Å². The lowest BCUT2D eigenvalue weighted by atomic mass is 9.70. The third-order valence-electron chi connectivity index (χ3n) is 11.8. The summed E-state index contributed by atoms with van der Waals surface area (Å²) in [6.45, 7) is 19.8. The summed E-state index contributed by atoms with van der Waals surface area (Å²) in [5.74, 6) is -3.61. The average Bonchev–Trinajstić information content (AvgIpc) is 3.75. The Labute approximate surface area is 341 Å². The zero-order chi connectivity index (χ0) is 41.2. The van der Waals surface area contributed by atoms with Crippen molar-refractivity contribution in [3.05, 3.63) is 97.1 Å². The molecule has 1 unspecified atom stereocenters. The number of allylic oxidation sites excluding steroid dienone is 1. The summed E-state index contributed by atoms with van der Waals surface area (Å²) in [7, 11) is 1.69. The van der Waals surface area contributed by atoms with Gasteiger partial charge >= 0.3 is 5.97 Å². The summed E-state index contributed by atoms with van der Waals surface area (Å²) >= 11 is 3.80. The predicted octanol–water partition coefficient (Wildman–Crippen LogP) is 6.67. The van der Waals surface area contributed by atoms with Crippen molar-refractivity contribution < 1.29 is 33.8 Å². The first-order chi connectivity index (χ1) is 26.4. The van der Waals surface area contributed by atoms with Gasteiger partial charge in [0.05, 0.1) is 36.6 Å². The fourth-order valence-electron chi connectivity index (χ4n) is 9.58. The van der Waals surface area contributed by atoms with E-state index in [1.54, 1.807) is 29.0 Å². The molecular formula is C45H60BrN3O7. The van der Waals surface area contributed by atoms with Crippen molar-refractivity contribution in [3.8, 4) is 0 Å². The molecule has 3 saturated heterocycles. The van der Waals surface area contributed by atoms with Crippen LogP contribution in [0.15, 0.2) is 86.0 Å². The molecule has 2 aromatic rings. The van der Waals surface area contributed by atoms with Gasteiger partial charge in [0.25, 0.3) is 0 Å². The fraction of sp³-hybridized carbons (Fsp3) is 0.556. The Hall–Kier alpha value is -3.80. The standard InChI is InChI=1S/C45H60BrN3O7/c1-10-12-23-34(51)47(9)29(3)37(31-21-17-14-18-22-31)55-42(54)35-36-40(52)49(32(27-50)25-30-19-15-13-16-20-30)39(45(36)26-33(46)38(35)56-45)41(53)48(24-11-2)44(7,8)28-43(4,5)6/h10-11,13-22,29,32-33,35-39,50H,1-2,12,23-28H2,3-9H3/t29-,32-,33?,35+,36-,37+,38+,39+,45-/m1/s1. The van der Waals surface area contributed by atoms with E-state index in [4.69, 9.17) is 9.47 Å². The molecule has 0 radical (unpaired) electrons. The number of halogens is 1. The monoisotopic (exact) mass is 833 g/mol. The fourth-order valence-corrected chi connectivity index (χ4v) is 10.5. The SMILES string of the molecule is C=CCCC(=O)N(C)[C@H](C)[C@H](OC(=O)[C@@H]1[C@H]2O[C@@]3(CC2Br)[C@H](C(=O)N(CC=C)C(C)(C)CC(C)(C)C)N([C@@H](CO)Cc2ccccc2)C(=O)[C@@H]13)c1ccccc1. The van der Waals surface area contributed by atoms with Gasteiger partial charge in [0.2, 0.25) is 17.7 Å². The number of esters is 1. The number of nitrogens with zero attached hydrogens (tertiary/aromatic N) is 3. The highest BCUT2D eigenvalue weighted by Gasteiger charge is 2.78. The van der Waals surface area contributed by atoms with Gasteiger partial charge in [-0.3, -0.25) is 19.2 Å². The topological polar surface area (TPSA) is 117 Å². The molecule has 2 bridgehead atoms. The summed E-state index contributed by atoms with van der Waals surface area (Å²) < 4.78 is 13.3. The minimum absolute atomic E-state index is 0.119. The Morgan fingerprint density at radius 3 is 2.25 bits per heavy atom. The largest absolute Gasteiger partial charge is 0.455 e. The molecule has 0 saturated carbocycles. The van der Waals surface area contributed by atoms with Crippen molar-refractivity contribution in [1.29, 1.82) is 0 Å². The molecule has 9 atom stereocenters. The molecule has 11 heteroatoms. The Morgan fingerprint density at radius 2 is 1.68 bits per heavy atom. The lowest BCUT2D eigenvalue weighted by molar-refractivity contribution is -0.165.